The molecule has 0 aliphatic rings. The van der Waals surface area contributed by atoms with E-state index in [2.05, 4.69) is 39.2 Å². The fraction of sp³-hybridized carbons (Fsp3) is 0.360. The number of hydrogen-bond acceptors (Lipinski definition) is 7. The minimum absolute atomic E-state index is 0.440. The van der Waals surface area contributed by atoms with Gasteiger partial charge in [-0.25, -0.2) is 15.0 Å². The molecule has 0 bridgehead atoms. The van der Waals surface area contributed by atoms with Gasteiger partial charge >= 0.3 is 0 Å². The molecule has 0 saturated heterocycles. The summed E-state index contributed by atoms with van der Waals surface area (Å²) in [7, 11) is 0. The Labute approximate surface area is 190 Å². The summed E-state index contributed by atoms with van der Waals surface area (Å²) in [5, 5.41) is 16.0. The number of aromatic nitrogens is 3. The fourth-order valence-corrected chi connectivity index (χ4v) is 3.10. The second-order valence-electron chi connectivity index (χ2n) is 7.04. The monoisotopic (exact) mass is 435 g/mol. The maximum absolute atomic E-state index is 9.39. The lowest BCUT2D eigenvalue weighted by atomic mass is 10.0. The molecule has 2 rings (SSSR count). The number of rotatable bonds is 14. The van der Waals surface area contributed by atoms with E-state index in [0.29, 0.717) is 37.1 Å². The lowest BCUT2D eigenvalue weighted by Gasteiger charge is -2.12. The van der Waals surface area contributed by atoms with Crippen molar-refractivity contribution in [2.45, 2.75) is 46.0 Å². The number of ether oxygens (including phenoxy) is 1. The van der Waals surface area contributed by atoms with Crippen molar-refractivity contribution in [2.75, 3.05) is 18.5 Å². The second-order valence-corrected chi connectivity index (χ2v) is 7.04. The van der Waals surface area contributed by atoms with Gasteiger partial charge in [0, 0.05) is 24.0 Å². The van der Waals surface area contributed by atoms with Crippen molar-refractivity contribution in [3.8, 4) is 5.88 Å². The molecule has 0 aliphatic carbocycles. The first-order chi connectivity index (χ1) is 15.7. The van der Waals surface area contributed by atoms with E-state index < -0.39 is 0 Å². The van der Waals surface area contributed by atoms with Gasteiger partial charge < -0.3 is 15.3 Å². The zero-order chi connectivity index (χ0) is 23.0. The summed E-state index contributed by atoms with van der Waals surface area (Å²) < 4.78 is 5.60. The number of nitrogens with one attached hydrogen (secondary N) is 1. The molecule has 0 aliphatic heterocycles. The lowest BCUT2D eigenvalue weighted by molar-refractivity contribution is 0.318. The number of pyridine rings is 1. The standard InChI is InChI=1S/C25H33N5O2/c1-4-7-8-12-20(5-2)13-11-14-23-21(22(6-3)30-31)19-28-25(29-23)27-17-18-32-24-15-9-10-16-26-24/h4-5,7,9-10,12,15-16,19,31H,2,6,8,11,13-14,17-18H2,1,3H3,(H,27,28,29)/b7-4-,20-12+,30-22+. The molecule has 0 fully saturated rings. The van der Waals surface area contributed by atoms with E-state index in [1.165, 1.54) is 5.57 Å². The van der Waals surface area contributed by atoms with Crippen LogP contribution in [0.4, 0.5) is 5.95 Å². The highest BCUT2D eigenvalue weighted by atomic mass is 16.5. The van der Waals surface area contributed by atoms with E-state index in [1.807, 2.05) is 44.2 Å². The summed E-state index contributed by atoms with van der Waals surface area (Å²) in [6.45, 7) is 8.86. The zero-order valence-corrected chi connectivity index (χ0v) is 19.0. The Morgan fingerprint density at radius 3 is 2.88 bits per heavy atom. The smallest absolute Gasteiger partial charge is 0.223 e. The van der Waals surface area contributed by atoms with Gasteiger partial charge in [-0.05, 0) is 45.1 Å². The number of allylic oxidation sites excluding steroid dienone is 5. The molecule has 7 heteroatoms. The highest BCUT2D eigenvalue weighted by Crippen LogP contribution is 2.17. The van der Waals surface area contributed by atoms with Crippen molar-refractivity contribution in [3.63, 3.8) is 0 Å². The van der Waals surface area contributed by atoms with Crippen molar-refractivity contribution < 1.29 is 9.94 Å². The van der Waals surface area contributed by atoms with Crippen LogP contribution in [0.5, 0.6) is 5.88 Å². The predicted molar refractivity (Wildman–Crippen MR) is 130 cm³/mol. The quantitative estimate of drug-likeness (QED) is 0.104. The predicted octanol–water partition coefficient (Wildman–Crippen LogP) is 5.35. The van der Waals surface area contributed by atoms with Gasteiger partial charge in [-0.15, -0.1) is 0 Å². The molecule has 2 N–H and O–H groups in total. The van der Waals surface area contributed by atoms with Crippen LogP contribution in [0.1, 0.15) is 50.8 Å². The van der Waals surface area contributed by atoms with Crippen LogP contribution in [-0.4, -0.2) is 39.0 Å². The zero-order valence-electron chi connectivity index (χ0n) is 19.0. The molecule has 0 aromatic carbocycles. The Morgan fingerprint density at radius 1 is 1.31 bits per heavy atom. The van der Waals surface area contributed by atoms with Gasteiger partial charge in [-0.3, -0.25) is 0 Å². The minimum Gasteiger partial charge on any atom is -0.476 e. The number of anilines is 1. The fourth-order valence-electron chi connectivity index (χ4n) is 3.10. The molecule has 170 valence electrons. The van der Waals surface area contributed by atoms with Gasteiger partial charge in [0.15, 0.2) is 0 Å². The van der Waals surface area contributed by atoms with Crippen LogP contribution < -0.4 is 10.1 Å². The number of nitrogens with zero attached hydrogens (tertiary/aromatic N) is 4. The van der Waals surface area contributed by atoms with E-state index in [1.54, 1.807) is 12.4 Å². The molecule has 2 heterocycles. The number of hydrogen-bond donors (Lipinski definition) is 2. The summed E-state index contributed by atoms with van der Waals surface area (Å²) >= 11 is 0. The highest BCUT2D eigenvalue weighted by Gasteiger charge is 2.13. The van der Waals surface area contributed by atoms with Crippen molar-refractivity contribution >= 4 is 11.7 Å². The first kappa shape index (κ1) is 24.8. The maximum Gasteiger partial charge on any atom is 0.223 e. The molecule has 7 nitrogen and oxygen atoms in total. The topological polar surface area (TPSA) is 92.5 Å². The van der Waals surface area contributed by atoms with Crippen molar-refractivity contribution in [2.24, 2.45) is 5.16 Å². The summed E-state index contributed by atoms with van der Waals surface area (Å²) in [6.07, 6.45) is 15.7. The Bertz CT molecular complexity index is 923. The normalized spacial score (nSPS) is 12.2. The summed E-state index contributed by atoms with van der Waals surface area (Å²) in [5.41, 5.74) is 3.44. The van der Waals surface area contributed by atoms with Crippen molar-refractivity contribution in [3.05, 3.63) is 78.3 Å². The minimum atomic E-state index is 0.440. The third-order valence-corrected chi connectivity index (χ3v) is 4.80. The summed E-state index contributed by atoms with van der Waals surface area (Å²) in [5.74, 6) is 1.10. The molecule has 0 radical (unpaired) electrons. The third kappa shape index (κ3) is 8.34. The molecule has 2 aromatic rings. The van der Waals surface area contributed by atoms with Gasteiger partial charge in [-0.1, -0.05) is 54.6 Å². The Kier molecular flexibility index (Phi) is 11.2. The van der Waals surface area contributed by atoms with Crippen LogP contribution in [0, 0.1) is 0 Å². The summed E-state index contributed by atoms with van der Waals surface area (Å²) in [6, 6.07) is 5.54. The van der Waals surface area contributed by atoms with Crippen LogP contribution >= 0.6 is 0 Å². The molecule has 32 heavy (non-hydrogen) atoms. The molecule has 0 unspecified atom stereocenters. The molecule has 0 atom stereocenters. The van der Waals surface area contributed by atoms with Gasteiger partial charge in [0.2, 0.25) is 11.8 Å². The lowest BCUT2D eigenvalue weighted by Crippen LogP contribution is -2.16. The molecular weight excluding hydrogens is 402 g/mol. The average molecular weight is 436 g/mol. The number of aryl methyl sites for hydroxylation is 1. The first-order valence-electron chi connectivity index (χ1n) is 11.0. The van der Waals surface area contributed by atoms with Crippen molar-refractivity contribution in [1.29, 1.82) is 0 Å². The van der Waals surface area contributed by atoms with Gasteiger partial charge in [0.25, 0.3) is 0 Å². The SMILES string of the molecule is C=C/C(=C\C/C=C\C)CCCc1nc(NCCOc2ccccn2)ncc1/C(CC)=N/O. The van der Waals surface area contributed by atoms with E-state index in [0.717, 1.165) is 36.9 Å². The second kappa shape index (κ2) is 14.5. The highest BCUT2D eigenvalue weighted by molar-refractivity contribution is 6.00. The molecule has 0 saturated carbocycles. The van der Waals surface area contributed by atoms with Gasteiger partial charge in [-0.2, -0.15) is 0 Å². The van der Waals surface area contributed by atoms with Crippen LogP contribution in [-0.2, 0) is 6.42 Å². The number of oxime groups is 1. The molecular formula is C25H33N5O2. The van der Waals surface area contributed by atoms with Crippen LogP contribution in [0.25, 0.3) is 0 Å². The Hall–Kier alpha value is -3.48. The van der Waals surface area contributed by atoms with Gasteiger partial charge in [0.1, 0.15) is 6.61 Å². The van der Waals surface area contributed by atoms with Crippen LogP contribution in [0.3, 0.4) is 0 Å². The van der Waals surface area contributed by atoms with E-state index in [4.69, 9.17) is 9.72 Å². The van der Waals surface area contributed by atoms with Crippen LogP contribution in [0.2, 0.25) is 0 Å². The first-order valence-corrected chi connectivity index (χ1v) is 11.0. The summed E-state index contributed by atoms with van der Waals surface area (Å²) in [4.78, 5) is 13.2. The largest absolute Gasteiger partial charge is 0.476 e. The average Bonchev–Trinajstić information content (AvgIpc) is 2.83. The van der Waals surface area contributed by atoms with E-state index in [9.17, 15) is 5.21 Å². The van der Waals surface area contributed by atoms with E-state index in [-0.39, 0.29) is 0 Å². The van der Waals surface area contributed by atoms with Crippen LogP contribution in [0.15, 0.2) is 72.2 Å². The Balaban J connectivity index is 2.01. The maximum atomic E-state index is 9.39. The molecule has 0 amide bonds. The third-order valence-electron chi connectivity index (χ3n) is 4.80. The molecule has 2 aromatic heterocycles. The Morgan fingerprint density at radius 2 is 2.19 bits per heavy atom. The van der Waals surface area contributed by atoms with E-state index >= 15 is 0 Å². The van der Waals surface area contributed by atoms with Crippen molar-refractivity contribution in [1.82, 2.24) is 15.0 Å². The molecule has 0 spiro atoms. The van der Waals surface area contributed by atoms with Gasteiger partial charge in [0.05, 0.1) is 18.0 Å².